The van der Waals surface area contributed by atoms with Gasteiger partial charge in [-0.05, 0) is 29.0 Å². The molecule has 2 aliphatic rings. The molecule has 0 amide bonds. The smallest absolute Gasteiger partial charge is 0.168 e. The monoisotopic (exact) mass is 322 g/mol. The van der Waals surface area contributed by atoms with Gasteiger partial charge in [-0.3, -0.25) is 4.99 Å². The highest BCUT2D eigenvalue weighted by atomic mass is 35.5. The molecule has 0 fully saturated rings. The zero-order valence-electron chi connectivity index (χ0n) is 10.5. The summed E-state index contributed by atoms with van der Waals surface area (Å²) in [6.45, 7) is 1.73. The van der Waals surface area contributed by atoms with Crippen LogP contribution in [0.1, 0.15) is 5.56 Å². The van der Waals surface area contributed by atoms with Crippen molar-refractivity contribution in [1.29, 1.82) is 0 Å². The van der Waals surface area contributed by atoms with Crippen molar-refractivity contribution in [2.75, 3.05) is 19.7 Å². The van der Waals surface area contributed by atoms with E-state index < -0.39 is 0 Å². The van der Waals surface area contributed by atoms with Crippen LogP contribution in [0.2, 0.25) is 5.02 Å². The van der Waals surface area contributed by atoms with E-state index in [1.807, 2.05) is 11.4 Å². The van der Waals surface area contributed by atoms with Crippen molar-refractivity contribution in [2.45, 2.75) is 0 Å². The number of aliphatic imine (C=N–C) groups is 1. The zero-order chi connectivity index (χ0) is 13.7. The summed E-state index contributed by atoms with van der Waals surface area (Å²) in [5, 5.41) is 14.6. The van der Waals surface area contributed by atoms with E-state index in [1.54, 1.807) is 23.1 Å². The minimum Gasteiger partial charge on any atom is -0.391 e. The molecule has 0 aliphatic carbocycles. The molecule has 102 valence electrons. The van der Waals surface area contributed by atoms with Gasteiger partial charge in [0.25, 0.3) is 0 Å². The predicted octanol–water partition coefficient (Wildman–Crippen LogP) is 3.63. The molecule has 2 aliphatic heterocycles. The molecule has 0 unspecified atom stereocenters. The number of hydrogen-bond donors (Lipinski definition) is 1. The number of amidine groups is 1. The van der Waals surface area contributed by atoms with Crippen molar-refractivity contribution in [3.05, 3.63) is 39.1 Å². The average Bonchev–Trinajstić information content (AvgIpc) is 3.12. The molecule has 0 spiro atoms. The lowest BCUT2D eigenvalue weighted by Gasteiger charge is -2.17. The Morgan fingerprint density at radius 2 is 2.30 bits per heavy atom. The van der Waals surface area contributed by atoms with Crippen molar-refractivity contribution in [1.82, 2.24) is 4.90 Å². The van der Waals surface area contributed by atoms with Crippen LogP contribution >= 0.6 is 34.7 Å². The predicted molar refractivity (Wildman–Crippen MR) is 87.4 cm³/mol. The third-order valence-electron chi connectivity index (χ3n) is 3.47. The molecular weight excluding hydrogens is 312 g/mol. The highest BCUT2D eigenvalue weighted by molar-refractivity contribution is 8.17. The Hall–Kier alpha value is -1.01. The molecule has 3 heterocycles. The zero-order valence-corrected chi connectivity index (χ0v) is 12.9. The van der Waals surface area contributed by atoms with E-state index in [9.17, 15) is 5.11 Å². The molecule has 0 saturated heterocycles. The summed E-state index contributed by atoms with van der Waals surface area (Å²) in [5.74, 6) is 0. The fourth-order valence-electron chi connectivity index (χ4n) is 2.63. The standard InChI is InChI=1S/C14H11ClN2OS2/c15-10-6-9(5-8-1-4-19-13(8)10)12-11(7-18)20-14-16-2-3-17(12)14/h1,4-6,18H,2-3,7H2. The molecule has 1 aromatic heterocycles. The van der Waals surface area contributed by atoms with Crippen molar-refractivity contribution in [3.63, 3.8) is 0 Å². The number of fused-ring (bicyclic) bond motifs is 2. The van der Waals surface area contributed by atoms with Crippen molar-refractivity contribution in [3.8, 4) is 0 Å². The number of aliphatic hydroxyl groups excluding tert-OH is 1. The summed E-state index contributed by atoms with van der Waals surface area (Å²) < 4.78 is 1.11. The molecule has 2 aromatic rings. The van der Waals surface area contributed by atoms with Gasteiger partial charge in [0.1, 0.15) is 0 Å². The Kier molecular flexibility index (Phi) is 3.03. The van der Waals surface area contributed by atoms with E-state index in [0.29, 0.717) is 0 Å². The lowest BCUT2D eigenvalue weighted by atomic mass is 10.1. The maximum Gasteiger partial charge on any atom is 0.168 e. The van der Waals surface area contributed by atoms with E-state index >= 15 is 0 Å². The Morgan fingerprint density at radius 1 is 1.40 bits per heavy atom. The Morgan fingerprint density at radius 3 is 3.15 bits per heavy atom. The van der Waals surface area contributed by atoms with Crippen molar-refractivity contribution < 1.29 is 5.11 Å². The van der Waals surface area contributed by atoms with Gasteiger partial charge < -0.3 is 10.0 Å². The topological polar surface area (TPSA) is 35.8 Å². The number of thioether (sulfide) groups is 1. The Bertz CT molecular complexity index is 766. The van der Waals surface area contributed by atoms with Crippen molar-refractivity contribution >= 4 is 55.7 Å². The summed E-state index contributed by atoms with van der Waals surface area (Å²) in [4.78, 5) is 7.60. The summed E-state index contributed by atoms with van der Waals surface area (Å²) in [6, 6.07) is 6.22. The third kappa shape index (κ3) is 1.81. The number of halogens is 1. The fourth-order valence-corrected chi connectivity index (χ4v) is 4.83. The van der Waals surface area contributed by atoms with Crippen LogP contribution in [0.3, 0.4) is 0 Å². The lowest BCUT2D eigenvalue weighted by Crippen LogP contribution is -2.20. The first kappa shape index (κ1) is 12.7. The minimum atomic E-state index is 0.0365. The van der Waals surface area contributed by atoms with Gasteiger partial charge >= 0.3 is 0 Å². The first-order valence-corrected chi connectivity index (χ1v) is 8.36. The second kappa shape index (κ2) is 4.77. The Balaban J connectivity index is 1.90. The van der Waals surface area contributed by atoms with Gasteiger partial charge in [0, 0.05) is 17.0 Å². The van der Waals surface area contributed by atoms with E-state index in [2.05, 4.69) is 22.0 Å². The number of benzene rings is 1. The molecule has 0 atom stereocenters. The van der Waals surface area contributed by atoms with E-state index in [0.717, 1.165) is 49.5 Å². The van der Waals surface area contributed by atoms with Crippen LogP contribution in [0.15, 0.2) is 33.5 Å². The molecule has 0 radical (unpaired) electrons. The highest BCUT2D eigenvalue weighted by Gasteiger charge is 2.32. The van der Waals surface area contributed by atoms with Gasteiger partial charge in [-0.2, -0.15) is 0 Å². The molecule has 3 nitrogen and oxygen atoms in total. The first-order chi connectivity index (χ1) is 9.78. The van der Waals surface area contributed by atoms with E-state index in [-0.39, 0.29) is 6.61 Å². The van der Waals surface area contributed by atoms with Gasteiger partial charge in [-0.25, -0.2) is 0 Å². The van der Waals surface area contributed by atoms with Crippen LogP contribution in [0.25, 0.3) is 15.8 Å². The molecule has 1 aromatic carbocycles. The largest absolute Gasteiger partial charge is 0.391 e. The summed E-state index contributed by atoms with van der Waals surface area (Å²) in [5.41, 5.74) is 2.12. The van der Waals surface area contributed by atoms with Crippen LogP contribution in [0, 0.1) is 0 Å². The molecular formula is C14H11ClN2OS2. The van der Waals surface area contributed by atoms with Crippen LogP contribution in [0.4, 0.5) is 0 Å². The number of aliphatic hydroxyl groups is 1. The first-order valence-electron chi connectivity index (χ1n) is 6.29. The summed E-state index contributed by atoms with van der Waals surface area (Å²) in [7, 11) is 0. The normalized spacial score (nSPS) is 18.1. The number of nitrogens with zero attached hydrogens (tertiary/aromatic N) is 2. The van der Waals surface area contributed by atoms with Crippen molar-refractivity contribution in [2.24, 2.45) is 4.99 Å². The van der Waals surface area contributed by atoms with Gasteiger partial charge in [0.2, 0.25) is 0 Å². The van der Waals surface area contributed by atoms with Crippen LogP contribution < -0.4 is 0 Å². The Labute approximate surface area is 129 Å². The lowest BCUT2D eigenvalue weighted by molar-refractivity contribution is 0.339. The number of thiophene rings is 1. The fraction of sp³-hybridized carbons (Fsp3) is 0.214. The number of rotatable bonds is 2. The second-order valence-corrected chi connectivity index (χ2v) is 7.03. The maximum atomic E-state index is 9.60. The molecule has 1 N–H and O–H groups in total. The molecule has 6 heteroatoms. The highest BCUT2D eigenvalue weighted by Crippen LogP contribution is 2.43. The molecule has 4 rings (SSSR count). The van der Waals surface area contributed by atoms with Crippen LogP contribution in [0.5, 0.6) is 0 Å². The number of hydrogen-bond acceptors (Lipinski definition) is 5. The van der Waals surface area contributed by atoms with Gasteiger partial charge in [-0.15, -0.1) is 11.3 Å². The summed E-state index contributed by atoms with van der Waals surface area (Å²) >= 11 is 9.60. The van der Waals surface area contributed by atoms with Gasteiger partial charge in [0.05, 0.1) is 28.6 Å². The van der Waals surface area contributed by atoms with Gasteiger partial charge in [0.15, 0.2) is 5.17 Å². The van der Waals surface area contributed by atoms with E-state index in [1.165, 1.54) is 0 Å². The summed E-state index contributed by atoms with van der Waals surface area (Å²) in [6.07, 6.45) is 0. The average molecular weight is 323 g/mol. The molecule has 0 bridgehead atoms. The molecule has 0 saturated carbocycles. The third-order valence-corrected chi connectivity index (χ3v) is 5.95. The molecule has 20 heavy (non-hydrogen) atoms. The van der Waals surface area contributed by atoms with Gasteiger partial charge in [-0.1, -0.05) is 23.4 Å². The van der Waals surface area contributed by atoms with Crippen LogP contribution in [-0.2, 0) is 0 Å². The van der Waals surface area contributed by atoms with Crippen LogP contribution in [-0.4, -0.2) is 34.9 Å². The second-order valence-electron chi connectivity index (χ2n) is 4.64. The maximum absolute atomic E-state index is 9.60. The SMILES string of the molecule is OCC1=C(c2cc(Cl)c3sccc3c2)N2CCN=C2S1. The van der Waals surface area contributed by atoms with E-state index in [4.69, 9.17) is 11.6 Å². The minimum absolute atomic E-state index is 0.0365. The quantitative estimate of drug-likeness (QED) is 0.917.